The molecule has 0 radical (unpaired) electrons. The van der Waals surface area contributed by atoms with Gasteiger partial charge in [0.05, 0.1) is 6.54 Å². The van der Waals surface area contributed by atoms with Crippen molar-refractivity contribution in [2.45, 2.75) is 20.4 Å². The second-order valence-electron chi connectivity index (χ2n) is 6.79. The molecule has 0 bridgehead atoms. The number of piperazine rings is 1. The molecule has 1 saturated heterocycles. The molecule has 2 N–H and O–H groups in total. The summed E-state index contributed by atoms with van der Waals surface area (Å²) in [5.41, 5.74) is 1.10. The predicted octanol–water partition coefficient (Wildman–Crippen LogP) is 2.47. The third kappa shape index (κ3) is 6.17. The Labute approximate surface area is 170 Å². The zero-order valence-electron chi connectivity index (χ0n) is 16.6. The summed E-state index contributed by atoms with van der Waals surface area (Å²) in [6.07, 6.45) is 1.89. The van der Waals surface area contributed by atoms with Crippen molar-refractivity contribution in [2.75, 3.05) is 50.7 Å². The maximum atomic E-state index is 13.1. The van der Waals surface area contributed by atoms with Crippen molar-refractivity contribution >= 4 is 23.0 Å². The van der Waals surface area contributed by atoms with Crippen molar-refractivity contribution in [2.24, 2.45) is 4.99 Å². The molecule has 28 heavy (non-hydrogen) atoms. The lowest BCUT2D eigenvalue weighted by molar-refractivity contribution is 0.261. The van der Waals surface area contributed by atoms with Crippen LogP contribution in [0.15, 0.2) is 35.5 Å². The van der Waals surface area contributed by atoms with Gasteiger partial charge in [0.15, 0.2) is 5.96 Å². The van der Waals surface area contributed by atoms with Crippen molar-refractivity contribution in [3.8, 4) is 0 Å². The summed E-state index contributed by atoms with van der Waals surface area (Å²) in [6, 6.07) is 6.77. The Bertz CT molecular complexity index is 752. The Balaban J connectivity index is 1.40. The second kappa shape index (κ2) is 10.4. The zero-order chi connectivity index (χ0) is 19.8. The molecule has 0 atom stereocenters. The van der Waals surface area contributed by atoms with Crippen molar-refractivity contribution in [1.29, 1.82) is 0 Å². The maximum absolute atomic E-state index is 13.1. The van der Waals surface area contributed by atoms with E-state index in [0.717, 1.165) is 62.5 Å². The molecule has 2 heterocycles. The summed E-state index contributed by atoms with van der Waals surface area (Å²) >= 11 is 1.69. The molecule has 0 aliphatic carbocycles. The standard InChI is InChI=1S/C20H29FN6S/c1-3-22-20(25-15-19-24-14-16(2)28-19)23-8-9-26-10-12-27(13-11-26)18-6-4-17(21)5-7-18/h4-7,14H,3,8-13,15H2,1-2H3,(H2,22,23,25). The SMILES string of the molecule is CCNC(=NCc1ncc(C)s1)NCCN1CCN(c2ccc(F)cc2)CC1. The smallest absolute Gasteiger partial charge is 0.191 e. The minimum Gasteiger partial charge on any atom is -0.369 e. The first-order valence-corrected chi connectivity index (χ1v) is 10.6. The van der Waals surface area contributed by atoms with E-state index in [0.29, 0.717) is 6.54 Å². The van der Waals surface area contributed by atoms with Gasteiger partial charge in [0.25, 0.3) is 0 Å². The van der Waals surface area contributed by atoms with Gasteiger partial charge in [-0.3, -0.25) is 4.90 Å². The lowest BCUT2D eigenvalue weighted by atomic mass is 10.2. The first-order valence-electron chi connectivity index (χ1n) is 9.80. The van der Waals surface area contributed by atoms with Crippen LogP contribution in [-0.2, 0) is 6.54 Å². The summed E-state index contributed by atoms with van der Waals surface area (Å²) in [5, 5.41) is 7.74. The van der Waals surface area contributed by atoms with Gasteiger partial charge in [-0.2, -0.15) is 0 Å². The number of thiazole rings is 1. The van der Waals surface area contributed by atoms with Crippen molar-refractivity contribution in [3.63, 3.8) is 0 Å². The first-order chi connectivity index (χ1) is 13.6. The van der Waals surface area contributed by atoms with Gasteiger partial charge in [-0.1, -0.05) is 0 Å². The molecule has 1 aromatic heterocycles. The second-order valence-corrected chi connectivity index (χ2v) is 8.11. The van der Waals surface area contributed by atoms with Gasteiger partial charge in [0, 0.05) is 62.6 Å². The number of nitrogens with zero attached hydrogens (tertiary/aromatic N) is 4. The van der Waals surface area contributed by atoms with Crippen LogP contribution in [0.5, 0.6) is 0 Å². The van der Waals surface area contributed by atoms with Crippen LogP contribution < -0.4 is 15.5 Å². The Morgan fingerprint density at radius 2 is 1.93 bits per heavy atom. The molecule has 0 saturated carbocycles. The van der Waals surface area contributed by atoms with Crippen molar-refractivity contribution < 1.29 is 4.39 Å². The fraction of sp³-hybridized carbons (Fsp3) is 0.500. The molecule has 152 valence electrons. The van der Waals surface area contributed by atoms with Crippen LogP contribution >= 0.6 is 11.3 Å². The molecule has 2 aromatic rings. The molecule has 8 heteroatoms. The average Bonchev–Trinajstić information content (AvgIpc) is 3.12. The molecule has 0 amide bonds. The fourth-order valence-corrected chi connectivity index (χ4v) is 3.89. The number of aliphatic imine (C=N–C) groups is 1. The van der Waals surface area contributed by atoms with E-state index in [2.05, 4.69) is 44.3 Å². The molecule has 1 aromatic carbocycles. The van der Waals surface area contributed by atoms with Gasteiger partial charge < -0.3 is 15.5 Å². The minimum absolute atomic E-state index is 0.184. The highest BCUT2D eigenvalue weighted by atomic mass is 32.1. The van der Waals surface area contributed by atoms with Gasteiger partial charge in [0.1, 0.15) is 10.8 Å². The number of hydrogen-bond acceptors (Lipinski definition) is 5. The number of guanidine groups is 1. The summed E-state index contributed by atoms with van der Waals surface area (Å²) < 4.78 is 13.1. The third-order valence-electron chi connectivity index (χ3n) is 4.67. The van der Waals surface area contributed by atoms with Gasteiger partial charge in [0.2, 0.25) is 0 Å². The maximum Gasteiger partial charge on any atom is 0.191 e. The quantitative estimate of drug-likeness (QED) is 0.549. The van der Waals surface area contributed by atoms with Gasteiger partial charge in [-0.15, -0.1) is 11.3 Å². The number of benzene rings is 1. The Hall–Kier alpha value is -2.19. The largest absolute Gasteiger partial charge is 0.369 e. The van der Waals surface area contributed by atoms with E-state index in [1.807, 2.05) is 18.3 Å². The summed E-state index contributed by atoms with van der Waals surface area (Å²) in [7, 11) is 0. The average molecular weight is 405 g/mol. The number of anilines is 1. The number of aryl methyl sites for hydroxylation is 1. The van der Waals surface area contributed by atoms with Crippen LogP contribution in [0.1, 0.15) is 16.8 Å². The monoisotopic (exact) mass is 404 g/mol. The highest BCUT2D eigenvalue weighted by molar-refractivity contribution is 7.11. The van der Waals surface area contributed by atoms with Crippen molar-refractivity contribution in [1.82, 2.24) is 20.5 Å². The molecule has 0 spiro atoms. The molecule has 1 fully saturated rings. The predicted molar refractivity (Wildman–Crippen MR) is 115 cm³/mol. The lowest BCUT2D eigenvalue weighted by Gasteiger charge is -2.36. The summed E-state index contributed by atoms with van der Waals surface area (Å²) in [4.78, 5) is 15.0. The van der Waals surface area contributed by atoms with Crippen LogP contribution in [0.2, 0.25) is 0 Å². The van der Waals surface area contributed by atoms with E-state index in [4.69, 9.17) is 0 Å². The van der Waals surface area contributed by atoms with E-state index < -0.39 is 0 Å². The van der Waals surface area contributed by atoms with Gasteiger partial charge >= 0.3 is 0 Å². The van der Waals surface area contributed by atoms with Crippen LogP contribution in [0.3, 0.4) is 0 Å². The topological polar surface area (TPSA) is 55.8 Å². The van der Waals surface area contributed by atoms with Gasteiger partial charge in [-0.05, 0) is 38.1 Å². The van der Waals surface area contributed by atoms with E-state index in [1.165, 1.54) is 17.0 Å². The third-order valence-corrected chi connectivity index (χ3v) is 5.57. The lowest BCUT2D eigenvalue weighted by Crippen LogP contribution is -2.49. The van der Waals surface area contributed by atoms with Gasteiger partial charge in [-0.25, -0.2) is 14.4 Å². The molecular formula is C20H29FN6S. The van der Waals surface area contributed by atoms with E-state index >= 15 is 0 Å². The summed E-state index contributed by atoms with van der Waals surface area (Å²) in [6.45, 7) is 11.3. The van der Waals surface area contributed by atoms with E-state index in [-0.39, 0.29) is 5.82 Å². The Kier molecular flexibility index (Phi) is 7.62. The fourth-order valence-electron chi connectivity index (χ4n) is 3.18. The highest BCUT2D eigenvalue weighted by Crippen LogP contribution is 2.16. The molecule has 1 aliphatic rings. The highest BCUT2D eigenvalue weighted by Gasteiger charge is 2.16. The first kappa shape index (κ1) is 20.5. The molecular weight excluding hydrogens is 375 g/mol. The molecule has 6 nitrogen and oxygen atoms in total. The molecule has 1 aliphatic heterocycles. The summed E-state index contributed by atoms with van der Waals surface area (Å²) in [5.74, 6) is 0.650. The van der Waals surface area contributed by atoms with Crippen LogP contribution in [0.4, 0.5) is 10.1 Å². The van der Waals surface area contributed by atoms with Crippen LogP contribution in [0, 0.1) is 12.7 Å². The van der Waals surface area contributed by atoms with E-state index in [1.54, 1.807) is 11.3 Å². The zero-order valence-corrected chi connectivity index (χ0v) is 17.4. The van der Waals surface area contributed by atoms with Crippen LogP contribution in [-0.4, -0.2) is 61.7 Å². The van der Waals surface area contributed by atoms with Crippen LogP contribution in [0.25, 0.3) is 0 Å². The molecule has 0 unspecified atom stereocenters. The number of halogens is 1. The number of aromatic nitrogens is 1. The normalized spacial score (nSPS) is 15.7. The number of hydrogen-bond donors (Lipinski definition) is 2. The Morgan fingerprint density at radius 1 is 1.18 bits per heavy atom. The minimum atomic E-state index is -0.184. The number of nitrogens with one attached hydrogen (secondary N) is 2. The Morgan fingerprint density at radius 3 is 2.57 bits per heavy atom. The van der Waals surface area contributed by atoms with E-state index in [9.17, 15) is 4.39 Å². The van der Waals surface area contributed by atoms with Crippen molar-refractivity contribution in [3.05, 3.63) is 46.2 Å². The number of rotatable bonds is 7. The molecule has 3 rings (SSSR count).